The van der Waals surface area contributed by atoms with Gasteiger partial charge in [0.05, 0.1) is 13.2 Å². The number of guanidine groups is 1. The molecule has 9 heteroatoms. The third kappa shape index (κ3) is 6.65. The molecular formula is C21H34F2IN5O. The summed E-state index contributed by atoms with van der Waals surface area (Å²) in [5.74, 6) is -0.385. The SMILES string of the molecule is CN=C(NCC1CCN(c2ccc(F)c(F)c2)C1)NCC(C)(C)N1CCOCC1.I. The molecule has 2 fully saturated rings. The van der Waals surface area contributed by atoms with E-state index < -0.39 is 11.6 Å². The van der Waals surface area contributed by atoms with E-state index in [1.165, 1.54) is 12.1 Å². The van der Waals surface area contributed by atoms with Crippen molar-refractivity contribution in [3.05, 3.63) is 29.8 Å². The highest BCUT2D eigenvalue weighted by Gasteiger charge is 2.28. The van der Waals surface area contributed by atoms with Gasteiger partial charge in [-0.15, -0.1) is 24.0 Å². The first-order chi connectivity index (χ1) is 13.9. The van der Waals surface area contributed by atoms with E-state index >= 15 is 0 Å². The van der Waals surface area contributed by atoms with Crippen LogP contribution < -0.4 is 15.5 Å². The summed E-state index contributed by atoms with van der Waals surface area (Å²) < 4.78 is 32.1. The predicted molar refractivity (Wildman–Crippen MR) is 128 cm³/mol. The van der Waals surface area contributed by atoms with Crippen molar-refractivity contribution in [3.63, 3.8) is 0 Å². The molecule has 0 saturated carbocycles. The van der Waals surface area contributed by atoms with E-state index in [1.807, 2.05) is 0 Å². The summed E-state index contributed by atoms with van der Waals surface area (Å²) >= 11 is 0. The van der Waals surface area contributed by atoms with Crippen molar-refractivity contribution in [1.82, 2.24) is 15.5 Å². The van der Waals surface area contributed by atoms with Gasteiger partial charge in [-0.05, 0) is 38.3 Å². The molecule has 1 unspecified atom stereocenters. The number of ether oxygens (including phenoxy) is 1. The number of nitrogens with zero attached hydrogens (tertiary/aromatic N) is 3. The molecule has 30 heavy (non-hydrogen) atoms. The normalized spacial score (nSPS) is 20.8. The number of halogens is 3. The highest BCUT2D eigenvalue weighted by Crippen LogP contribution is 2.25. The lowest BCUT2D eigenvalue weighted by Gasteiger charge is -2.41. The summed E-state index contributed by atoms with van der Waals surface area (Å²) in [5, 5.41) is 6.85. The average Bonchev–Trinajstić information content (AvgIpc) is 3.20. The van der Waals surface area contributed by atoms with Crippen LogP contribution in [-0.4, -0.2) is 75.9 Å². The standard InChI is InChI=1S/C21H33F2N5O.HI/c1-21(2,28-8-10-29-11-9-28)15-26-20(24-3)25-13-16-6-7-27(14-16)17-4-5-18(22)19(23)12-17;/h4-5,12,16H,6-11,13-15H2,1-3H3,(H2,24,25,26);1H. The Balaban J connectivity index is 0.00000320. The number of nitrogens with one attached hydrogen (secondary N) is 2. The smallest absolute Gasteiger partial charge is 0.191 e. The van der Waals surface area contributed by atoms with Gasteiger partial charge >= 0.3 is 0 Å². The number of hydrogen-bond acceptors (Lipinski definition) is 4. The number of benzene rings is 1. The van der Waals surface area contributed by atoms with Gasteiger partial charge in [0.25, 0.3) is 0 Å². The molecule has 2 N–H and O–H groups in total. The van der Waals surface area contributed by atoms with Crippen LogP contribution in [-0.2, 0) is 4.74 Å². The second kappa shape index (κ2) is 11.4. The molecule has 0 bridgehead atoms. The van der Waals surface area contributed by atoms with Crippen LogP contribution in [0.5, 0.6) is 0 Å². The highest BCUT2D eigenvalue weighted by atomic mass is 127. The molecule has 2 heterocycles. The van der Waals surface area contributed by atoms with Crippen molar-refractivity contribution < 1.29 is 13.5 Å². The van der Waals surface area contributed by atoms with Gasteiger partial charge in [0.1, 0.15) is 0 Å². The maximum absolute atomic E-state index is 13.5. The minimum absolute atomic E-state index is 0. The van der Waals surface area contributed by atoms with E-state index in [0.29, 0.717) is 5.92 Å². The van der Waals surface area contributed by atoms with Crippen molar-refractivity contribution >= 4 is 35.6 Å². The van der Waals surface area contributed by atoms with Crippen LogP contribution in [0.3, 0.4) is 0 Å². The average molecular weight is 537 g/mol. The number of aliphatic imine (C=N–C) groups is 1. The first-order valence-electron chi connectivity index (χ1n) is 10.4. The first-order valence-corrected chi connectivity index (χ1v) is 10.4. The molecule has 3 rings (SSSR count). The van der Waals surface area contributed by atoms with Crippen LogP contribution >= 0.6 is 24.0 Å². The molecule has 2 saturated heterocycles. The second-order valence-corrected chi connectivity index (χ2v) is 8.42. The van der Waals surface area contributed by atoms with E-state index in [9.17, 15) is 8.78 Å². The molecule has 1 atom stereocenters. The Morgan fingerprint density at radius 2 is 1.90 bits per heavy atom. The maximum atomic E-state index is 13.5. The van der Waals surface area contributed by atoms with Crippen LogP contribution in [0.4, 0.5) is 14.5 Å². The molecule has 0 spiro atoms. The lowest BCUT2D eigenvalue weighted by atomic mass is 10.0. The van der Waals surface area contributed by atoms with E-state index in [1.54, 1.807) is 13.1 Å². The van der Waals surface area contributed by atoms with Crippen molar-refractivity contribution in [2.75, 3.05) is 64.4 Å². The van der Waals surface area contributed by atoms with Crippen LogP contribution in [0.15, 0.2) is 23.2 Å². The van der Waals surface area contributed by atoms with Crippen molar-refractivity contribution in [3.8, 4) is 0 Å². The lowest BCUT2D eigenvalue weighted by Crippen LogP contribution is -2.56. The molecule has 0 aliphatic carbocycles. The third-order valence-electron chi connectivity index (χ3n) is 5.89. The molecule has 0 radical (unpaired) electrons. The van der Waals surface area contributed by atoms with E-state index in [0.717, 1.165) is 70.6 Å². The van der Waals surface area contributed by atoms with E-state index in [2.05, 4.69) is 39.3 Å². The zero-order valence-electron chi connectivity index (χ0n) is 18.1. The second-order valence-electron chi connectivity index (χ2n) is 8.42. The van der Waals surface area contributed by atoms with Crippen LogP contribution in [0.2, 0.25) is 0 Å². The zero-order chi connectivity index (χ0) is 20.9. The molecule has 6 nitrogen and oxygen atoms in total. The summed E-state index contributed by atoms with van der Waals surface area (Å²) in [6.45, 7) is 11.2. The summed E-state index contributed by atoms with van der Waals surface area (Å²) in [7, 11) is 1.78. The Morgan fingerprint density at radius 3 is 2.57 bits per heavy atom. The van der Waals surface area contributed by atoms with Crippen molar-refractivity contribution in [2.24, 2.45) is 10.9 Å². The van der Waals surface area contributed by atoms with Crippen LogP contribution in [0.1, 0.15) is 20.3 Å². The topological polar surface area (TPSA) is 52.1 Å². The summed E-state index contributed by atoms with van der Waals surface area (Å²) in [6.07, 6.45) is 1.00. The fraction of sp³-hybridized carbons (Fsp3) is 0.667. The van der Waals surface area contributed by atoms with Gasteiger partial charge in [0.15, 0.2) is 17.6 Å². The van der Waals surface area contributed by atoms with Gasteiger partial charge in [0, 0.05) is 63.6 Å². The minimum Gasteiger partial charge on any atom is -0.379 e. The van der Waals surface area contributed by atoms with E-state index in [-0.39, 0.29) is 29.5 Å². The molecule has 170 valence electrons. The number of rotatable bonds is 6. The van der Waals surface area contributed by atoms with Gasteiger partial charge in [-0.2, -0.15) is 0 Å². The Morgan fingerprint density at radius 1 is 1.17 bits per heavy atom. The maximum Gasteiger partial charge on any atom is 0.191 e. The highest BCUT2D eigenvalue weighted by molar-refractivity contribution is 14.0. The Bertz CT molecular complexity index is 713. The Labute approximate surface area is 195 Å². The molecule has 2 aliphatic rings. The Hall–Kier alpha value is -1.20. The van der Waals surface area contributed by atoms with E-state index in [4.69, 9.17) is 4.74 Å². The number of anilines is 1. The fourth-order valence-corrected chi connectivity index (χ4v) is 3.96. The van der Waals surface area contributed by atoms with Gasteiger partial charge in [0.2, 0.25) is 0 Å². The van der Waals surface area contributed by atoms with Gasteiger partial charge in [-0.25, -0.2) is 8.78 Å². The van der Waals surface area contributed by atoms with Crippen LogP contribution in [0, 0.1) is 17.6 Å². The quantitative estimate of drug-likeness (QED) is 0.332. The molecular weight excluding hydrogens is 503 g/mol. The lowest BCUT2D eigenvalue weighted by molar-refractivity contribution is -0.00834. The largest absolute Gasteiger partial charge is 0.379 e. The molecule has 1 aromatic rings. The van der Waals surface area contributed by atoms with Gasteiger partial charge < -0.3 is 20.3 Å². The van der Waals surface area contributed by atoms with Gasteiger partial charge in [-0.1, -0.05) is 0 Å². The molecule has 1 aromatic carbocycles. The Kier molecular flexibility index (Phi) is 9.55. The predicted octanol–water partition coefficient (Wildman–Crippen LogP) is 2.68. The molecule has 0 amide bonds. The number of morpholine rings is 1. The molecule has 0 aromatic heterocycles. The van der Waals surface area contributed by atoms with Crippen molar-refractivity contribution in [1.29, 1.82) is 0 Å². The minimum atomic E-state index is -0.805. The first kappa shape index (κ1) is 25.1. The fourth-order valence-electron chi connectivity index (χ4n) is 3.96. The summed E-state index contributed by atoms with van der Waals surface area (Å²) in [4.78, 5) is 8.88. The third-order valence-corrected chi connectivity index (χ3v) is 5.89. The van der Waals surface area contributed by atoms with Crippen molar-refractivity contribution in [2.45, 2.75) is 25.8 Å². The summed E-state index contributed by atoms with van der Waals surface area (Å²) in [6, 6.07) is 4.11. The van der Waals surface area contributed by atoms with Gasteiger partial charge in [-0.3, -0.25) is 9.89 Å². The number of hydrogen-bond donors (Lipinski definition) is 2. The zero-order valence-corrected chi connectivity index (χ0v) is 20.4. The monoisotopic (exact) mass is 537 g/mol. The molecule has 2 aliphatic heterocycles. The van der Waals surface area contributed by atoms with Crippen LogP contribution in [0.25, 0.3) is 0 Å². The summed E-state index contributed by atoms with van der Waals surface area (Å²) in [5.41, 5.74) is 0.749.